The van der Waals surface area contributed by atoms with Crippen molar-refractivity contribution in [1.82, 2.24) is 24.4 Å². The Hall–Kier alpha value is -1.91. The van der Waals surface area contributed by atoms with E-state index in [1.165, 1.54) is 4.31 Å². The van der Waals surface area contributed by atoms with E-state index in [4.69, 9.17) is 9.66 Å². The Morgan fingerprint density at radius 3 is 3.00 bits per heavy atom. The van der Waals surface area contributed by atoms with Gasteiger partial charge in [0.25, 0.3) is 10.2 Å². The van der Waals surface area contributed by atoms with Crippen LogP contribution in [0.3, 0.4) is 0 Å². The molecular weight excluding hydrogens is 320 g/mol. The molecule has 9 nitrogen and oxygen atoms in total. The Bertz CT molecular complexity index is 823. The summed E-state index contributed by atoms with van der Waals surface area (Å²) in [5, 5.41) is 9.28. The van der Waals surface area contributed by atoms with Crippen LogP contribution in [0.15, 0.2) is 23.1 Å². The standard InChI is InChI=1S/C13H16N6O3S/c14-23(20,21)19-7-9-2-1-3-13(9,8-19)12-17-11(18-22-12)10-6-15-4-5-16-10/h4-6,9H,1-3,7-8H2,(H2,14,20,21)/t9-,13-/m1/s1. The molecule has 2 aliphatic rings. The van der Waals surface area contributed by atoms with E-state index in [0.717, 1.165) is 19.3 Å². The number of hydrogen-bond donors (Lipinski definition) is 1. The van der Waals surface area contributed by atoms with Gasteiger partial charge in [-0.05, 0) is 18.8 Å². The molecule has 0 radical (unpaired) electrons. The summed E-state index contributed by atoms with van der Waals surface area (Å²) in [6.45, 7) is 0.695. The number of fused-ring (bicyclic) bond motifs is 1. The number of rotatable bonds is 3. The maximum Gasteiger partial charge on any atom is 0.276 e. The fraction of sp³-hybridized carbons (Fsp3) is 0.538. The second-order valence-corrected chi connectivity index (χ2v) is 7.64. The van der Waals surface area contributed by atoms with Gasteiger partial charge >= 0.3 is 0 Å². The molecule has 1 aliphatic heterocycles. The molecule has 2 atom stereocenters. The summed E-state index contributed by atoms with van der Waals surface area (Å²) in [5.41, 5.74) is 0.0784. The summed E-state index contributed by atoms with van der Waals surface area (Å²) >= 11 is 0. The maximum absolute atomic E-state index is 11.7. The number of hydrogen-bond acceptors (Lipinski definition) is 7. The van der Waals surface area contributed by atoms with Crippen molar-refractivity contribution in [1.29, 1.82) is 0 Å². The van der Waals surface area contributed by atoms with E-state index in [9.17, 15) is 8.42 Å². The lowest BCUT2D eigenvalue weighted by atomic mass is 9.80. The van der Waals surface area contributed by atoms with Crippen LogP contribution in [0, 0.1) is 5.92 Å². The fourth-order valence-electron chi connectivity index (χ4n) is 3.73. The largest absolute Gasteiger partial charge is 0.338 e. The van der Waals surface area contributed by atoms with Crippen LogP contribution >= 0.6 is 0 Å². The van der Waals surface area contributed by atoms with Crippen LogP contribution in [-0.4, -0.2) is 45.9 Å². The molecule has 1 aliphatic carbocycles. The molecule has 0 aromatic carbocycles. The third kappa shape index (κ3) is 2.33. The average molecular weight is 336 g/mol. The van der Waals surface area contributed by atoms with Gasteiger partial charge in [-0.3, -0.25) is 4.98 Å². The molecule has 1 saturated heterocycles. The Morgan fingerprint density at radius 1 is 1.39 bits per heavy atom. The van der Waals surface area contributed by atoms with Crippen molar-refractivity contribution in [2.45, 2.75) is 24.7 Å². The van der Waals surface area contributed by atoms with Crippen molar-refractivity contribution in [3.63, 3.8) is 0 Å². The average Bonchev–Trinajstić information content (AvgIpc) is 3.20. The SMILES string of the molecule is NS(=O)(=O)N1C[C@H]2CCC[C@@]2(c2nc(-c3cnccn3)no2)C1. The Kier molecular flexibility index (Phi) is 3.22. The van der Waals surface area contributed by atoms with Crippen LogP contribution in [0.1, 0.15) is 25.2 Å². The molecule has 0 unspecified atom stereocenters. The highest BCUT2D eigenvalue weighted by Gasteiger charge is 2.56. The van der Waals surface area contributed by atoms with E-state index >= 15 is 0 Å². The smallest absolute Gasteiger partial charge is 0.276 e. The number of aromatic nitrogens is 4. The van der Waals surface area contributed by atoms with Gasteiger partial charge in [0.1, 0.15) is 5.69 Å². The summed E-state index contributed by atoms with van der Waals surface area (Å²) < 4.78 is 30.2. The minimum Gasteiger partial charge on any atom is -0.338 e. The zero-order valence-corrected chi connectivity index (χ0v) is 13.1. The third-order valence-corrected chi connectivity index (χ3v) is 5.84. The van der Waals surface area contributed by atoms with Crippen LogP contribution in [-0.2, 0) is 15.6 Å². The van der Waals surface area contributed by atoms with E-state index in [0.29, 0.717) is 30.5 Å². The van der Waals surface area contributed by atoms with Crippen LogP contribution in [0.4, 0.5) is 0 Å². The molecule has 3 heterocycles. The first-order chi connectivity index (χ1) is 11.0. The predicted octanol–water partition coefficient (Wildman–Crippen LogP) is 0.0836. The molecule has 23 heavy (non-hydrogen) atoms. The van der Waals surface area contributed by atoms with E-state index in [-0.39, 0.29) is 5.92 Å². The minimum atomic E-state index is -3.71. The molecule has 2 N–H and O–H groups in total. The summed E-state index contributed by atoms with van der Waals surface area (Å²) in [6.07, 6.45) is 7.42. The lowest BCUT2D eigenvalue weighted by Gasteiger charge is -2.23. The summed E-state index contributed by atoms with van der Waals surface area (Å²) in [4.78, 5) is 12.6. The van der Waals surface area contributed by atoms with Crippen molar-refractivity contribution in [2.24, 2.45) is 11.1 Å². The van der Waals surface area contributed by atoms with Gasteiger partial charge in [0, 0.05) is 25.5 Å². The van der Waals surface area contributed by atoms with Crippen molar-refractivity contribution in [2.75, 3.05) is 13.1 Å². The maximum atomic E-state index is 11.7. The van der Waals surface area contributed by atoms with Crippen molar-refractivity contribution >= 4 is 10.2 Å². The molecule has 0 spiro atoms. The quantitative estimate of drug-likeness (QED) is 0.840. The highest BCUT2D eigenvalue weighted by Crippen LogP contribution is 2.50. The first-order valence-electron chi connectivity index (χ1n) is 7.37. The molecule has 122 valence electrons. The molecule has 2 fully saturated rings. The molecule has 1 saturated carbocycles. The monoisotopic (exact) mass is 336 g/mol. The highest BCUT2D eigenvalue weighted by molar-refractivity contribution is 7.86. The van der Waals surface area contributed by atoms with Crippen LogP contribution in [0.5, 0.6) is 0 Å². The Morgan fingerprint density at radius 2 is 2.26 bits per heavy atom. The van der Waals surface area contributed by atoms with Crippen LogP contribution in [0.25, 0.3) is 11.5 Å². The topological polar surface area (TPSA) is 128 Å². The summed E-state index contributed by atoms with van der Waals surface area (Å²) in [7, 11) is -3.71. The normalized spacial score (nSPS) is 28.1. The van der Waals surface area contributed by atoms with Crippen molar-refractivity contribution in [3.8, 4) is 11.5 Å². The van der Waals surface area contributed by atoms with Crippen molar-refractivity contribution in [3.05, 3.63) is 24.5 Å². The van der Waals surface area contributed by atoms with Crippen LogP contribution < -0.4 is 5.14 Å². The second kappa shape index (κ2) is 5.05. The van der Waals surface area contributed by atoms with Gasteiger partial charge < -0.3 is 4.52 Å². The minimum absolute atomic E-state index is 0.149. The first kappa shape index (κ1) is 14.7. The summed E-state index contributed by atoms with van der Waals surface area (Å²) in [6, 6.07) is 0. The number of nitrogens with zero attached hydrogens (tertiary/aromatic N) is 5. The molecule has 4 rings (SSSR count). The van der Waals surface area contributed by atoms with Gasteiger partial charge in [0.05, 0.1) is 11.6 Å². The predicted molar refractivity (Wildman–Crippen MR) is 79.0 cm³/mol. The highest BCUT2D eigenvalue weighted by atomic mass is 32.2. The van der Waals surface area contributed by atoms with Gasteiger partial charge in [0.15, 0.2) is 0 Å². The molecular formula is C13H16N6O3S. The number of nitrogens with two attached hydrogens (primary N) is 1. The zero-order chi connectivity index (χ0) is 16.1. The molecule has 2 aromatic rings. The third-order valence-electron chi connectivity index (χ3n) is 4.84. The molecule has 0 amide bonds. The van der Waals surface area contributed by atoms with Gasteiger partial charge in [-0.25, -0.2) is 10.1 Å². The molecule has 2 aromatic heterocycles. The van der Waals surface area contributed by atoms with E-state index in [1.54, 1.807) is 18.6 Å². The van der Waals surface area contributed by atoms with Gasteiger partial charge in [-0.2, -0.15) is 17.7 Å². The Balaban J connectivity index is 1.71. The van der Waals surface area contributed by atoms with Crippen molar-refractivity contribution < 1.29 is 12.9 Å². The van der Waals surface area contributed by atoms with Gasteiger partial charge in [0.2, 0.25) is 11.7 Å². The van der Waals surface area contributed by atoms with Gasteiger partial charge in [-0.1, -0.05) is 11.6 Å². The molecule has 0 bridgehead atoms. The lowest BCUT2D eigenvalue weighted by molar-refractivity contribution is 0.261. The van der Waals surface area contributed by atoms with E-state index in [1.807, 2.05) is 0 Å². The summed E-state index contributed by atoms with van der Waals surface area (Å²) in [5.74, 6) is 0.977. The van der Waals surface area contributed by atoms with E-state index < -0.39 is 15.6 Å². The Labute approximate surface area is 133 Å². The zero-order valence-electron chi connectivity index (χ0n) is 12.3. The molecule has 10 heteroatoms. The first-order valence-corrected chi connectivity index (χ1v) is 8.88. The van der Waals surface area contributed by atoms with E-state index in [2.05, 4.69) is 20.1 Å². The second-order valence-electron chi connectivity index (χ2n) is 6.10. The fourth-order valence-corrected chi connectivity index (χ4v) is 4.53. The van der Waals surface area contributed by atoms with Crippen LogP contribution in [0.2, 0.25) is 0 Å². The van der Waals surface area contributed by atoms with Gasteiger partial charge in [-0.15, -0.1) is 0 Å². The lowest BCUT2D eigenvalue weighted by Crippen LogP contribution is -2.38.